The molecule has 2 aromatic carbocycles. The molecular weight excluding hydrogens is 255 g/mol. The zero-order valence-electron chi connectivity index (χ0n) is 11.7. The lowest BCUT2D eigenvalue weighted by Gasteiger charge is -2.09. The van der Waals surface area contributed by atoms with E-state index in [4.69, 9.17) is 4.74 Å². The van der Waals surface area contributed by atoms with Crippen LogP contribution in [0.3, 0.4) is 0 Å². The summed E-state index contributed by atoms with van der Waals surface area (Å²) in [7, 11) is 0. The Morgan fingerprint density at radius 1 is 1.15 bits per heavy atom. The minimum absolute atomic E-state index is 0.139. The number of carbonyl (C=O) groups is 1. The van der Waals surface area contributed by atoms with E-state index in [-0.39, 0.29) is 11.6 Å². The van der Waals surface area contributed by atoms with Crippen molar-refractivity contribution in [2.24, 2.45) is 0 Å². The zero-order valence-corrected chi connectivity index (χ0v) is 11.7. The Morgan fingerprint density at radius 2 is 1.85 bits per heavy atom. The molecule has 2 nitrogen and oxygen atoms in total. The molecule has 0 unspecified atom stereocenters. The first-order valence-electron chi connectivity index (χ1n) is 6.51. The molecule has 104 valence electrons. The maximum atomic E-state index is 13.0. The van der Waals surface area contributed by atoms with E-state index in [0.29, 0.717) is 13.0 Å². The summed E-state index contributed by atoms with van der Waals surface area (Å²) in [4.78, 5) is 11.0. The Balaban J connectivity index is 1.98. The van der Waals surface area contributed by atoms with Gasteiger partial charge in [-0.1, -0.05) is 18.2 Å². The fraction of sp³-hybridized carbons (Fsp3) is 0.235. The summed E-state index contributed by atoms with van der Waals surface area (Å²) in [6.07, 6.45) is 0.442. The first-order valence-corrected chi connectivity index (χ1v) is 6.51. The maximum absolute atomic E-state index is 13.0. The number of hydrogen-bond acceptors (Lipinski definition) is 2. The number of rotatable bonds is 5. The van der Waals surface area contributed by atoms with Gasteiger partial charge in [0, 0.05) is 6.42 Å². The highest BCUT2D eigenvalue weighted by molar-refractivity contribution is 5.78. The van der Waals surface area contributed by atoms with Crippen LogP contribution in [-0.2, 0) is 17.8 Å². The van der Waals surface area contributed by atoms with Gasteiger partial charge in [0.25, 0.3) is 0 Å². The van der Waals surface area contributed by atoms with Gasteiger partial charge < -0.3 is 4.74 Å². The third-order valence-corrected chi connectivity index (χ3v) is 3.08. The van der Waals surface area contributed by atoms with Gasteiger partial charge >= 0.3 is 0 Å². The summed E-state index contributed by atoms with van der Waals surface area (Å²) in [6.45, 7) is 3.83. The summed E-state index contributed by atoms with van der Waals surface area (Å²) in [6, 6.07) is 12.1. The van der Waals surface area contributed by atoms with E-state index in [1.54, 1.807) is 13.0 Å². The van der Waals surface area contributed by atoms with Crippen molar-refractivity contribution in [1.82, 2.24) is 0 Å². The molecule has 0 saturated carbocycles. The summed E-state index contributed by atoms with van der Waals surface area (Å²) >= 11 is 0. The predicted molar refractivity (Wildman–Crippen MR) is 76.3 cm³/mol. The van der Waals surface area contributed by atoms with Gasteiger partial charge in [0.05, 0.1) is 0 Å². The van der Waals surface area contributed by atoms with Gasteiger partial charge in [-0.2, -0.15) is 0 Å². The van der Waals surface area contributed by atoms with Crippen LogP contribution in [0.15, 0.2) is 42.5 Å². The Bertz CT molecular complexity index is 603. The van der Waals surface area contributed by atoms with Crippen LogP contribution in [0.25, 0.3) is 0 Å². The number of benzene rings is 2. The minimum atomic E-state index is -0.236. The second-order valence-electron chi connectivity index (χ2n) is 4.88. The molecular formula is C17H17FO2. The standard InChI is InChI=1S/C17H17FO2/c1-12-9-16(18)6-5-15(12)11-20-17-7-3-14(4-8-17)10-13(2)19/h3-9H,10-11H2,1-2H3. The van der Waals surface area contributed by atoms with Gasteiger partial charge in [-0.05, 0) is 54.8 Å². The van der Waals surface area contributed by atoms with E-state index in [0.717, 1.165) is 22.4 Å². The van der Waals surface area contributed by atoms with E-state index in [2.05, 4.69) is 0 Å². The molecule has 0 aliphatic rings. The SMILES string of the molecule is CC(=O)Cc1ccc(OCc2ccc(F)cc2C)cc1. The van der Waals surface area contributed by atoms with Crippen LogP contribution in [0, 0.1) is 12.7 Å². The van der Waals surface area contributed by atoms with Gasteiger partial charge in [0.1, 0.15) is 24.0 Å². The number of ketones is 1. The summed E-state index contributed by atoms with van der Waals surface area (Å²) < 4.78 is 18.7. The molecule has 2 aromatic rings. The highest BCUT2D eigenvalue weighted by Gasteiger charge is 2.02. The highest BCUT2D eigenvalue weighted by atomic mass is 19.1. The molecule has 0 fully saturated rings. The monoisotopic (exact) mass is 272 g/mol. The molecule has 0 N–H and O–H groups in total. The number of halogens is 1. The molecule has 0 heterocycles. The topological polar surface area (TPSA) is 26.3 Å². The quantitative estimate of drug-likeness (QED) is 0.826. The van der Waals surface area contributed by atoms with Crippen molar-refractivity contribution < 1.29 is 13.9 Å². The summed E-state index contributed by atoms with van der Waals surface area (Å²) in [5, 5.41) is 0. The molecule has 3 heteroatoms. The van der Waals surface area contributed by atoms with Gasteiger partial charge in [0.2, 0.25) is 0 Å². The smallest absolute Gasteiger partial charge is 0.134 e. The van der Waals surface area contributed by atoms with Crippen molar-refractivity contribution in [3.05, 3.63) is 65.0 Å². The summed E-state index contributed by atoms with van der Waals surface area (Å²) in [5.41, 5.74) is 2.81. The number of hydrogen-bond donors (Lipinski definition) is 0. The Kier molecular flexibility index (Phi) is 4.51. The number of aryl methyl sites for hydroxylation is 1. The number of Topliss-reactive ketones (excluding diaryl/α,β-unsaturated/α-hetero) is 1. The normalized spacial score (nSPS) is 10.3. The van der Waals surface area contributed by atoms with Gasteiger partial charge in [-0.15, -0.1) is 0 Å². The van der Waals surface area contributed by atoms with Crippen LogP contribution < -0.4 is 4.74 Å². The zero-order chi connectivity index (χ0) is 14.5. The average molecular weight is 272 g/mol. The molecule has 0 aromatic heterocycles. The van der Waals surface area contributed by atoms with Crippen molar-refractivity contribution in [3.8, 4) is 5.75 Å². The van der Waals surface area contributed by atoms with Gasteiger partial charge in [-0.3, -0.25) is 4.79 Å². The van der Waals surface area contributed by atoms with Crippen molar-refractivity contribution >= 4 is 5.78 Å². The maximum Gasteiger partial charge on any atom is 0.134 e. The van der Waals surface area contributed by atoms with Crippen molar-refractivity contribution in [2.75, 3.05) is 0 Å². The third-order valence-electron chi connectivity index (χ3n) is 3.08. The van der Waals surface area contributed by atoms with Crippen LogP contribution in [0.5, 0.6) is 5.75 Å². The van der Waals surface area contributed by atoms with E-state index < -0.39 is 0 Å². The first kappa shape index (κ1) is 14.3. The Hall–Kier alpha value is -2.16. The molecule has 0 aliphatic carbocycles. The van der Waals surface area contributed by atoms with Crippen LogP contribution in [-0.4, -0.2) is 5.78 Å². The van der Waals surface area contributed by atoms with Gasteiger partial charge in [0.15, 0.2) is 0 Å². The fourth-order valence-electron chi connectivity index (χ4n) is 1.97. The Morgan fingerprint density at radius 3 is 2.45 bits per heavy atom. The number of ether oxygens (including phenoxy) is 1. The first-order chi connectivity index (χ1) is 9.54. The fourth-order valence-corrected chi connectivity index (χ4v) is 1.97. The van der Waals surface area contributed by atoms with Crippen LogP contribution in [0.2, 0.25) is 0 Å². The number of carbonyl (C=O) groups excluding carboxylic acids is 1. The van der Waals surface area contributed by atoms with E-state index in [1.165, 1.54) is 12.1 Å². The summed E-state index contributed by atoms with van der Waals surface area (Å²) in [5.74, 6) is 0.640. The minimum Gasteiger partial charge on any atom is -0.489 e. The highest BCUT2D eigenvalue weighted by Crippen LogP contribution is 2.17. The molecule has 0 aliphatic heterocycles. The van der Waals surface area contributed by atoms with Crippen molar-refractivity contribution in [1.29, 1.82) is 0 Å². The molecule has 0 bridgehead atoms. The third kappa shape index (κ3) is 3.92. The Labute approximate surface area is 118 Å². The lowest BCUT2D eigenvalue weighted by molar-refractivity contribution is -0.116. The van der Waals surface area contributed by atoms with Crippen molar-refractivity contribution in [3.63, 3.8) is 0 Å². The molecule has 0 radical (unpaired) electrons. The van der Waals surface area contributed by atoms with E-state index in [1.807, 2.05) is 31.2 Å². The van der Waals surface area contributed by atoms with Gasteiger partial charge in [-0.25, -0.2) is 4.39 Å². The molecule has 0 atom stereocenters. The van der Waals surface area contributed by atoms with Crippen molar-refractivity contribution in [2.45, 2.75) is 26.9 Å². The van der Waals surface area contributed by atoms with Crippen LogP contribution in [0.1, 0.15) is 23.6 Å². The second kappa shape index (κ2) is 6.33. The van der Waals surface area contributed by atoms with E-state index in [9.17, 15) is 9.18 Å². The molecule has 20 heavy (non-hydrogen) atoms. The largest absolute Gasteiger partial charge is 0.489 e. The molecule has 2 rings (SSSR count). The predicted octanol–water partition coefficient (Wildman–Crippen LogP) is 3.84. The average Bonchev–Trinajstić information content (AvgIpc) is 2.39. The van der Waals surface area contributed by atoms with Crippen LogP contribution >= 0.6 is 0 Å². The molecule has 0 saturated heterocycles. The lowest BCUT2D eigenvalue weighted by Crippen LogP contribution is -1.99. The van der Waals surface area contributed by atoms with Crippen LogP contribution in [0.4, 0.5) is 4.39 Å². The molecule has 0 spiro atoms. The molecule has 0 amide bonds. The van der Waals surface area contributed by atoms with E-state index >= 15 is 0 Å². The second-order valence-corrected chi connectivity index (χ2v) is 4.88. The lowest BCUT2D eigenvalue weighted by atomic mass is 10.1.